The van der Waals surface area contributed by atoms with Gasteiger partial charge < -0.3 is 4.74 Å². The average molecular weight is 721 g/mol. The number of amidine groups is 2. The van der Waals surface area contributed by atoms with Crippen molar-refractivity contribution in [1.29, 1.82) is 0 Å². The lowest BCUT2D eigenvalue weighted by Crippen LogP contribution is -2.34. The summed E-state index contributed by atoms with van der Waals surface area (Å²) in [6.07, 6.45) is -0.817. The molecule has 1 saturated heterocycles. The van der Waals surface area contributed by atoms with E-state index >= 15 is 0 Å². The summed E-state index contributed by atoms with van der Waals surface area (Å²) in [6.45, 7) is 11.2. The molecule has 3 aromatic carbocycles. The van der Waals surface area contributed by atoms with E-state index in [1.165, 1.54) is 35.3 Å². The maximum atomic E-state index is 13.8. The van der Waals surface area contributed by atoms with Crippen molar-refractivity contribution < 1.29 is 22.7 Å². The van der Waals surface area contributed by atoms with Crippen molar-refractivity contribution in [3.63, 3.8) is 0 Å². The van der Waals surface area contributed by atoms with Gasteiger partial charge in [-0.1, -0.05) is 87.6 Å². The summed E-state index contributed by atoms with van der Waals surface area (Å²) in [5, 5.41) is 5.88. The number of ether oxygens (including phenoxy) is 1. The number of benzene rings is 3. The van der Waals surface area contributed by atoms with Gasteiger partial charge in [0, 0.05) is 17.9 Å². The van der Waals surface area contributed by atoms with Crippen LogP contribution in [0.3, 0.4) is 0 Å². The van der Waals surface area contributed by atoms with Crippen molar-refractivity contribution in [3.05, 3.63) is 89.7 Å². The number of aromatic nitrogens is 3. The van der Waals surface area contributed by atoms with Gasteiger partial charge in [-0.05, 0) is 85.0 Å². The predicted octanol–water partition coefficient (Wildman–Crippen LogP) is 9.22. The Labute approximate surface area is 298 Å². The zero-order chi connectivity index (χ0) is 35.6. The third-order valence-electron chi connectivity index (χ3n) is 8.25. The Kier molecular flexibility index (Phi) is 10.5. The Hall–Kier alpha value is -4.10. The van der Waals surface area contributed by atoms with Crippen LogP contribution >= 0.6 is 23.5 Å². The lowest BCUT2D eigenvalue weighted by Gasteiger charge is -2.22. The molecule has 0 bridgehead atoms. The molecule has 1 aromatic heterocycles. The van der Waals surface area contributed by atoms with E-state index < -0.39 is 11.1 Å². The number of amides is 1. The fourth-order valence-electron chi connectivity index (χ4n) is 5.46. The van der Waals surface area contributed by atoms with Crippen LogP contribution < -0.4 is 9.64 Å². The number of carbonyl (C=O) groups is 1. The standard InChI is InChI=1S/C37H39F3N6O2S2/c1-23(2)21-49-34(43-35-46(33(47)36(50-35)17-18-36)31-20-25(5)6-15-30(31)24(3)4)41-19-16-26-7-9-27(10-8-26)32-42-22-45(44-32)28-11-13-29(14-12-28)48-37(38,39)40/h6-15,20,22-24H,16-19,21H2,1-5H3. The summed E-state index contributed by atoms with van der Waals surface area (Å²) in [5.74, 6) is 1.87. The van der Waals surface area contributed by atoms with Crippen molar-refractivity contribution >= 4 is 45.5 Å². The third kappa shape index (κ3) is 8.43. The number of halogens is 3. The number of hydrogen-bond acceptors (Lipinski definition) is 7. The molecular weight excluding hydrogens is 682 g/mol. The van der Waals surface area contributed by atoms with Crippen LogP contribution in [0.1, 0.15) is 63.1 Å². The second-order valence-corrected chi connectivity index (χ2v) is 15.6. The topological polar surface area (TPSA) is 85.0 Å². The van der Waals surface area contributed by atoms with Crippen LogP contribution in [-0.4, -0.2) is 54.4 Å². The van der Waals surface area contributed by atoms with Crippen molar-refractivity contribution in [2.24, 2.45) is 15.9 Å². The number of rotatable bonds is 10. The smallest absolute Gasteiger partial charge is 0.406 e. The van der Waals surface area contributed by atoms with Gasteiger partial charge in [0.05, 0.1) is 11.4 Å². The first kappa shape index (κ1) is 35.7. The number of carbonyl (C=O) groups excluding carboxylic acids is 1. The Morgan fingerprint density at radius 1 is 1.04 bits per heavy atom. The zero-order valence-corrected chi connectivity index (χ0v) is 30.2. The molecule has 0 unspecified atom stereocenters. The van der Waals surface area contributed by atoms with Gasteiger partial charge in [0.1, 0.15) is 16.8 Å². The van der Waals surface area contributed by atoms with Crippen molar-refractivity contribution in [2.75, 3.05) is 17.2 Å². The highest BCUT2D eigenvalue weighted by molar-refractivity contribution is 8.17. The van der Waals surface area contributed by atoms with Gasteiger partial charge in [0.2, 0.25) is 5.91 Å². The first-order valence-corrected chi connectivity index (χ1v) is 18.4. The van der Waals surface area contributed by atoms with Crippen LogP contribution in [0.4, 0.5) is 18.9 Å². The highest BCUT2D eigenvalue weighted by atomic mass is 32.2. The van der Waals surface area contributed by atoms with E-state index in [-0.39, 0.29) is 17.6 Å². The van der Waals surface area contributed by atoms with E-state index in [1.807, 2.05) is 29.2 Å². The molecule has 13 heteroatoms. The SMILES string of the molecule is Cc1ccc(C(C)C)c(N2C(=O)C3(CC3)SC2=NC(=NCCc2ccc(-c3ncn(-c4ccc(OC(F)(F)F)cc4)n3)cc2)SCC(C)C)c1. The molecule has 0 atom stereocenters. The lowest BCUT2D eigenvalue weighted by molar-refractivity contribution is -0.274. The molecule has 1 amide bonds. The van der Waals surface area contributed by atoms with Crippen molar-refractivity contribution in [2.45, 2.75) is 70.9 Å². The van der Waals surface area contributed by atoms with Crippen molar-refractivity contribution in [3.8, 4) is 22.8 Å². The highest BCUT2D eigenvalue weighted by Crippen LogP contribution is 2.56. The number of aryl methyl sites for hydroxylation is 1. The highest BCUT2D eigenvalue weighted by Gasteiger charge is 2.60. The molecular formula is C37H39F3N6O2S2. The summed E-state index contributed by atoms with van der Waals surface area (Å²) in [4.78, 5) is 30.1. The van der Waals surface area contributed by atoms with Crippen molar-refractivity contribution in [1.82, 2.24) is 14.8 Å². The summed E-state index contributed by atoms with van der Waals surface area (Å²) in [7, 11) is 0. The Bertz CT molecular complexity index is 1900. The molecule has 2 fully saturated rings. The van der Waals surface area contributed by atoms with E-state index in [4.69, 9.17) is 9.98 Å². The minimum Gasteiger partial charge on any atom is -0.406 e. The van der Waals surface area contributed by atoms with Crippen LogP contribution in [0.25, 0.3) is 17.1 Å². The molecule has 1 saturated carbocycles. The fraction of sp³-hybridized carbons (Fsp3) is 0.378. The van der Waals surface area contributed by atoms with Crippen LogP contribution in [0, 0.1) is 12.8 Å². The molecule has 2 heterocycles. The van der Waals surface area contributed by atoms with E-state index in [1.54, 1.807) is 23.5 Å². The van der Waals surface area contributed by atoms with Crippen LogP contribution in [0.2, 0.25) is 0 Å². The van der Waals surface area contributed by atoms with Gasteiger partial charge in [-0.15, -0.1) is 18.3 Å². The molecule has 8 nitrogen and oxygen atoms in total. The molecule has 2 aliphatic rings. The summed E-state index contributed by atoms with van der Waals surface area (Å²) < 4.78 is 42.5. The maximum absolute atomic E-state index is 13.8. The molecule has 1 aliphatic heterocycles. The zero-order valence-electron chi connectivity index (χ0n) is 28.6. The van der Waals surface area contributed by atoms with Crippen LogP contribution in [-0.2, 0) is 11.2 Å². The number of thioether (sulfide) groups is 2. The maximum Gasteiger partial charge on any atom is 0.573 e. The van der Waals surface area contributed by atoms with Gasteiger partial charge in [0.15, 0.2) is 16.2 Å². The van der Waals surface area contributed by atoms with Gasteiger partial charge in [0.25, 0.3) is 0 Å². The fourth-order valence-corrected chi connectivity index (χ4v) is 7.58. The molecule has 0 N–H and O–H groups in total. The summed E-state index contributed by atoms with van der Waals surface area (Å²) in [6, 6.07) is 19.7. The minimum absolute atomic E-state index is 0.120. The van der Waals surface area contributed by atoms with E-state index in [0.29, 0.717) is 40.7 Å². The van der Waals surface area contributed by atoms with Gasteiger partial charge in [-0.3, -0.25) is 14.7 Å². The number of hydrogen-bond donors (Lipinski definition) is 0. The first-order valence-electron chi connectivity index (χ1n) is 16.6. The van der Waals surface area contributed by atoms with E-state index in [2.05, 4.69) is 67.6 Å². The number of alkyl halides is 3. The third-order valence-corrected chi connectivity index (χ3v) is 11.0. The molecule has 4 aromatic rings. The Morgan fingerprint density at radius 3 is 2.40 bits per heavy atom. The average Bonchev–Trinajstić information content (AvgIpc) is 3.58. The minimum atomic E-state index is -4.75. The lowest BCUT2D eigenvalue weighted by atomic mass is 9.98. The molecule has 0 radical (unpaired) electrons. The molecule has 50 heavy (non-hydrogen) atoms. The normalized spacial score (nSPS) is 16.8. The molecule has 1 spiro atoms. The monoisotopic (exact) mass is 720 g/mol. The Balaban J connectivity index is 1.17. The van der Waals surface area contributed by atoms with E-state index in [0.717, 1.165) is 46.5 Å². The second kappa shape index (κ2) is 14.6. The second-order valence-electron chi connectivity index (χ2n) is 13.2. The largest absolute Gasteiger partial charge is 0.573 e. The first-order chi connectivity index (χ1) is 23.8. The van der Waals surface area contributed by atoms with Gasteiger partial charge in [-0.2, -0.15) is 4.99 Å². The molecule has 6 rings (SSSR count). The molecule has 262 valence electrons. The summed E-state index contributed by atoms with van der Waals surface area (Å²) >= 11 is 3.21. The number of nitrogens with zero attached hydrogens (tertiary/aromatic N) is 6. The van der Waals surface area contributed by atoms with Crippen LogP contribution in [0.5, 0.6) is 5.75 Å². The number of anilines is 1. The van der Waals surface area contributed by atoms with Gasteiger partial charge in [-0.25, -0.2) is 9.67 Å². The molecule has 1 aliphatic carbocycles. The van der Waals surface area contributed by atoms with E-state index in [9.17, 15) is 18.0 Å². The predicted molar refractivity (Wildman–Crippen MR) is 197 cm³/mol. The van der Waals surface area contributed by atoms with Gasteiger partial charge >= 0.3 is 6.36 Å². The summed E-state index contributed by atoms with van der Waals surface area (Å²) in [5.41, 5.74) is 5.59. The number of aliphatic imine (C=N–C) groups is 2. The quantitative estimate of drug-likeness (QED) is 0.120. The Morgan fingerprint density at radius 2 is 1.76 bits per heavy atom. The van der Waals surface area contributed by atoms with Crippen LogP contribution in [0.15, 0.2) is 83.0 Å².